The highest BCUT2D eigenvalue weighted by atomic mass is 35.5. The van der Waals surface area contributed by atoms with Crippen molar-refractivity contribution >= 4 is 39.1 Å². The molecule has 6 rings (SSSR count). The van der Waals surface area contributed by atoms with Gasteiger partial charge in [-0.05, 0) is 47.5 Å². The Kier molecular flexibility index (Phi) is 3.75. The van der Waals surface area contributed by atoms with Crippen molar-refractivity contribution < 1.29 is 5.11 Å². The van der Waals surface area contributed by atoms with E-state index in [1.165, 1.54) is 0 Å². The van der Waals surface area contributed by atoms with Crippen LogP contribution in [0.2, 0.25) is 5.02 Å². The fourth-order valence-corrected chi connectivity index (χ4v) is 3.92. The molecule has 0 aliphatic rings. The summed E-state index contributed by atoms with van der Waals surface area (Å²) in [6.07, 6.45) is 3.31. The molecule has 0 saturated heterocycles. The van der Waals surface area contributed by atoms with Crippen LogP contribution in [0.3, 0.4) is 0 Å². The second-order valence-corrected chi connectivity index (χ2v) is 7.80. The molecule has 0 aliphatic heterocycles. The van der Waals surface area contributed by atoms with Gasteiger partial charge in [-0.15, -0.1) is 5.10 Å². The van der Waals surface area contributed by atoms with Gasteiger partial charge in [0.1, 0.15) is 12.1 Å². The van der Waals surface area contributed by atoms with Gasteiger partial charge >= 0.3 is 0 Å². The Morgan fingerprint density at radius 2 is 1.77 bits per heavy atom. The van der Waals surface area contributed by atoms with Gasteiger partial charge in [0, 0.05) is 5.02 Å². The maximum atomic E-state index is 10.6. The Morgan fingerprint density at radius 1 is 0.968 bits per heavy atom. The minimum absolute atomic E-state index is 0.129. The number of aromatic nitrogens is 6. The van der Waals surface area contributed by atoms with Crippen LogP contribution >= 0.6 is 11.6 Å². The smallest absolute Gasteiger partial charge is 0.185 e. The molecular weight excluding hydrogens is 412 g/mol. The van der Waals surface area contributed by atoms with Crippen LogP contribution in [0.15, 0.2) is 67.1 Å². The van der Waals surface area contributed by atoms with E-state index in [-0.39, 0.29) is 5.75 Å². The number of phenols is 1. The van der Waals surface area contributed by atoms with Gasteiger partial charge < -0.3 is 5.11 Å². The fourth-order valence-electron chi connectivity index (χ4n) is 3.74. The number of halogens is 1. The van der Waals surface area contributed by atoms with Gasteiger partial charge in [-0.2, -0.15) is 5.10 Å². The van der Waals surface area contributed by atoms with E-state index < -0.39 is 0 Å². The summed E-state index contributed by atoms with van der Waals surface area (Å²) in [6.45, 7) is 1.95. The van der Waals surface area contributed by atoms with Crippen molar-refractivity contribution in [2.45, 2.75) is 6.92 Å². The number of hydrogen-bond acceptors (Lipinski definition) is 5. The van der Waals surface area contributed by atoms with E-state index in [4.69, 9.17) is 11.6 Å². The molecule has 8 heteroatoms. The predicted molar refractivity (Wildman–Crippen MR) is 120 cm³/mol. The van der Waals surface area contributed by atoms with Gasteiger partial charge in [0.25, 0.3) is 0 Å². The van der Waals surface area contributed by atoms with Crippen molar-refractivity contribution in [1.82, 2.24) is 29.4 Å². The number of fused-ring (bicyclic) bond motifs is 4. The van der Waals surface area contributed by atoms with Crippen molar-refractivity contribution in [2.75, 3.05) is 0 Å². The van der Waals surface area contributed by atoms with Crippen LogP contribution in [0, 0.1) is 6.92 Å². The maximum absolute atomic E-state index is 10.6. The number of benzene rings is 3. The Morgan fingerprint density at radius 3 is 2.58 bits per heavy atom. The molecule has 0 atom stereocenters. The molecule has 0 saturated carbocycles. The molecule has 150 valence electrons. The first-order chi connectivity index (χ1) is 15.1. The average molecular weight is 427 g/mol. The van der Waals surface area contributed by atoms with Crippen LogP contribution in [0.25, 0.3) is 44.5 Å². The maximum Gasteiger partial charge on any atom is 0.185 e. The SMILES string of the molecule is Cc1ccc(-n2ncc3c2ncn2nc(-c4cc5ccccc5cc4O)nc32)cc1Cl. The van der Waals surface area contributed by atoms with Crippen LogP contribution in [0.4, 0.5) is 0 Å². The molecule has 1 N–H and O–H groups in total. The second kappa shape index (κ2) is 6.52. The van der Waals surface area contributed by atoms with Gasteiger partial charge in [0.05, 0.1) is 22.8 Å². The standard InChI is InChI=1S/C23H15ClN6O/c1-13-6-7-16(10-19(13)24)30-22-18(11-26-30)23-27-21(28-29(23)12-25-22)17-8-14-4-2-3-5-15(14)9-20(17)31/h2-12,31H,1H3. The van der Waals surface area contributed by atoms with E-state index in [1.54, 1.807) is 27.8 Å². The van der Waals surface area contributed by atoms with Gasteiger partial charge in [0.15, 0.2) is 17.1 Å². The number of rotatable bonds is 2. The predicted octanol–water partition coefficient (Wildman–Crippen LogP) is 4.95. The van der Waals surface area contributed by atoms with E-state index in [2.05, 4.69) is 20.2 Å². The summed E-state index contributed by atoms with van der Waals surface area (Å²) in [5, 5.41) is 23.0. The first-order valence-corrected chi connectivity index (χ1v) is 10.0. The Balaban J connectivity index is 1.53. The number of nitrogens with zero attached hydrogens (tertiary/aromatic N) is 6. The molecule has 0 spiro atoms. The van der Waals surface area contributed by atoms with Crippen molar-refractivity contribution in [3.63, 3.8) is 0 Å². The molecule has 0 radical (unpaired) electrons. The molecule has 0 unspecified atom stereocenters. The van der Waals surface area contributed by atoms with Crippen molar-refractivity contribution in [3.05, 3.63) is 77.7 Å². The van der Waals surface area contributed by atoms with E-state index in [1.807, 2.05) is 55.5 Å². The minimum atomic E-state index is 0.129. The lowest BCUT2D eigenvalue weighted by molar-refractivity contribution is 0.477. The van der Waals surface area contributed by atoms with Crippen molar-refractivity contribution in [2.24, 2.45) is 0 Å². The third kappa shape index (κ3) is 2.74. The first kappa shape index (κ1) is 17.9. The van der Waals surface area contributed by atoms with Crippen LogP contribution in [-0.2, 0) is 0 Å². The zero-order chi connectivity index (χ0) is 21.1. The topological polar surface area (TPSA) is 81.1 Å². The second-order valence-electron chi connectivity index (χ2n) is 7.39. The Bertz CT molecular complexity index is 1630. The van der Waals surface area contributed by atoms with E-state index in [9.17, 15) is 5.11 Å². The first-order valence-electron chi connectivity index (χ1n) is 9.66. The van der Waals surface area contributed by atoms with E-state index in [0.29, 0.717) is 27.7 Å². The highest BCUT2D eigenvalue weighted by Gasteiger charge is 2.17. The molecule has 0 aliphatic carbocycles. The molecule has 0 bridgehead atoms. The molecule has 3 heterocycles. The third-order valence-electron chi connectivity index (χ3n) is 5.41. The summed E-state index contributed by atoms with van der Waals surface area (Å²) in [5.41, 5.74) is 3.63. The van der Waals surface area contributed by atoms with Crippen molar-refractivity contribution in [3.8, 4) is 22.8 Å². The molecule has 0 amide bonds. The average Bonchev–Trinajstić information content (AvgIpc) is 3.39. The summed E-state index contributed by atoms with van der Waals surface area (Å²) in [4.78, 5) is 9.22. The Hall–Kier alpha value is -3.97. The summed E-state index contributed by atoms with van der Waals surface area (Å²) in [6, 6.07) is 17.2. The molecule has 3 aromatic heterocycles. The minimum Gasteiger partial charge on any atom is -0.507 e. The van der Waals surface area contributed by atoms with Gasteiger partial charge in [-0.1, -0.05) is 41.9 Å². The van der Waals surface area contributed by atoms with Gasteiger partial charge in [0.2, 0.25) is 0 Å². The lowest BCUT2D eigenvalue weighted by atomic mass is 10.1. The highest BCUT2D eigenvalue weighted by Crippen LogP contribution is 2.32. The van der Waals surface area contributed by atoms with E-state index >= 15 is 0 Å². The highest BCUT2D eigenvalue weighted by molar-refractivity contribution is 6.31. The van der Waals surface area contributed by atoms with E-state index in [0.717, 1.165) is 27.4 Å². The number of phenolic OH excluding ortho intramolecular Hbond substituents is 1. The number of aromatic hydroxyl groups is 1. The zero-order valence-electron chi connectivity index (χ0n) is 16.4. The number of aryl methyl sites for hydroxylation is 1. The molecule has 6 aromatic rings. The summed E-state index contributed by atoms with van der Waals surface area (Å²) in [5.74, 6) is 0.549. The summed E-state index contributed by atoms with van der Waals surface area (Å²) in [7, 11) is 0. The quantitative estimate of drug-likeness (QED) is 0.423. The molecule has 31 heavy (non-hydrogen) atoms. The largest absolute Gasteiger partial charge is 0.507 e. The van der Waals surface area contributed by atoms with Crippen LogP contribution in [0.1, 0.15) is 5.56 Å². The molecule has 0 fully saturated rings. The fraction of sp³-hybridized carbons (Fsp3) is 0.0435. The zero-order valence-corrected chi connectivity index (χ0v) is 17.1. The summed E-state index contributed by atoms with van der Waals surface area (Å²) >= 11 is 6.29. The van der Waals surface area contributed by atoms with Crippen molar-refractivity contribution in [1.29, 1.82) is 0 Å². The Labute approximate surface area is 181 Å². The lowest BCUT2D eigenvalue weighted by Gasteiger charge is -2.05. The lowest BCUT2D eigenvalue weighted by Crippen LogP contribution is -1.99. The summed E-state index contributed by atoms with van der Waals surface area (Å²) < 4.78 is 3.32. The number of hydrogen-bond donors (Lipinski definition) is 1. The molecule has 3 aromatic carbocycles. The third-order valence-corrected chi connectivity index (χ3v) is 5.82. The molecular formula is C23H15ClN6O. The van der Waals surface area contributed by atoms with Gasteiger partial charge in [-0.25, -0.2) is 19.2 Å². The van der Waals surface area contributed by atoms with Gasteiger partial charge in [-0.3, -0.25) is 0 Å². The monoisotopic (exact) mass is 426 g/mol. The van der Waals surface area contributed by atoms with Crippen LogP contribution in [0.5, 0.6) is 5.75 Å². The normalized spacial score (nSPS) is 11.7. The van der Waals surface area contributed by atoms with Crippen LogP contribution in [-0.4, -0.2) is 34.5 Å². The molecule has 7 nitrogen and oxygen atoms in total. The van der Waals surface area contributed by atoms with Crippen LogP contribution < -0.4 is 0 Å².